The van der Waals surface area contributed by atoms with Gasteiger partial charge in [0.1, 0.15) is 0 Å². The number of halogens is 1. The zero-order valence-electron chi connectivity index (χ0n) is 20.8. The number of aromatic nitrogens is 1. The number of pyridine rings is 1. The van der Waals surface area contributed by atoms with Crippen LogP contribution in [0.4, 0.5) is 11.4 Å². The van der Waals surface area contributed by atoms with Crippen LogP contribution in [0.3, 0.4) is 0 Å². The second-order valence-corrected chi connectivity index (χ2v) is 10.2. The maximum absolute atomic E-state index is 6.17. The highest BCUT2D eigenvalue weighted by Gasteiger charge is 2.15. The fourth-order valence-electron chi connectivity index (χ4n) is 4.31. The first-order valence-corrected chi connectivity index (χ1v) is 12.4. The van der Waals surface area contributed by atoms with Crippen LogP contribution in [0.1, 0.15) is 45.7 Å². The first-order valence-electron chi connectivity index (χ1n) is 12.1. The molecule has 4 rings (SSSR count). The van der Waals surface area contributed by atoms with Crippen molar-refractivity contribution in [2.75, 3.05) is 18.4 Å². The predicted octanol–water partition coefficient (Wildman–Crippen LogP) is 8.44. The number of hydrogen-bond donors (Lipinski definition) is 1. The van der Waals surface area contributed by atoms with Crippen molar-refractivity contribution in [2.45, 2.75) is 46.6 Å². The van der Waals surface area contributed by atoms with Crippen LogP contribution in [-0.4, -0.2) is 23.0 Å². The summed E-state index contributed by atoms with van der Waals surface area (Å²) < 4.78 is 0. The maximum atomic E-state index is 6.17. The summed E-state index contributed by atoms with van der Waals surface area (Å²) in [5.74, 6) is 0. The zero-order valence-corrected chi connectivity index (χ0v) is 21.6. The highest BCUT2D eigenvalue weighted by Crippen LogP contribution is 2.33. The fraction of sp³-hybridized carbons (Fsp3) is 0.300. The summed E-state index contributed by atoms with van der Waals surface area (Å²) in [7, 11) is 0. The van der Waals surface area contributed by atoms with E-state index in [1.54, 1.807) is 0 Å². The first-order chi connectivity index (χ1) is 16.3. The maximum Gasteiger partial charge on any atom is 0.0737 e. The average molecular weight is 472 g/mol. The van der Waals surface area contributed by atoms with Gasteiger partial charge in [0.05, 0.1) is 5.52 Å². The topological polar surface area (TPSA) is 28.2 Å². The minimum Gasteiger partial charge on any atom is -0.355 e. The van der Waals surface area contributed by atoms with Gasteiger partial charge in [0.2, 0.25) is 0 Å². The molecule has 3 aromatic carbocycles. The van der Waals surface area contributed by atoms with Gasteiger partial charge >= 0.3 is 0 Å². The molecule has 1 aromatic heterocycles. The summed E-state index contributed by atoms with van der Waals surface area (Å²) in [5.41, 5.74) is 8.33. The molecule has 34 heavy (non-hydrogen) atoms. The van der Waals surface area contributed by atoms with Crippen LogP contribution in [-0.2, 0) is 12.0 Å². The normalized spacial score (nSPS) is 11.9. The Bertz CT molecular complexity index is 1270. The van der Waals surface area contributed by atoms with Crippen molar-refractivity contribution in [3.8, 4) is 11.1 Å². The lowest BCUT2D eigenvalue weighted by atomic mass is 9.86. The van der Waals surface area contributed by atoms with Gasteiger partial charge in [0.15, 0.2) is 0 Å². The SMILES string of the molecule is CCN(CC)Cc1cc(Nc2ccnc3cc(Cl)ccc23)ccc1-c1ccc(C(C)(C)C)cc1. The summed E-state index contributed by atoms with van der Waals surface area (Å²) in [6.07, 6.45) is 1.82. The monoisotopic (exact) mass is 471 g/mol. The summed E-state index contributed by atoms with van der Waals surface area (Å²) in [6, 6.07) is 23.6. The molecule has 0 radical (unpaired) electrons. The van der Waals surface area contributed by atoms with Crippen molar-refractivity contribution in [2.24, 2.45) is 0 Å². The number of hydrogen-bond acceptors (Lipinski definition) is 3. The van der Waals surface area contributed by atoms with Gasteiger partial charge in [-0.1, -0.05) is 76.6 Å². The van der Waals surface area contributed by atoms with E-state index in [9.17, 15) is 0 Å². The number of nitrogens with one attached hydrogen (secondary N) is 1. The van der Waals surface area contributed by atoms with Crippen molar-refractivity contribution in [3.63, 3.8) is 0 Å². The van der Waals surface area contributed by atoms with Gasteiger partial charge in [-0.05, 0) is 77.2 Å². The van der Waals surface area contributed by atoms with E-state index < -0.39 is 0 Å². The quantitative estimate of drug-likeness (QED) is 0.293. The first kappa shape index (κ1) is 24.3. The molecule has 0 spiro atoms. The van der Waals surface area contributed by atoms with Crippen molar-refractivity contribution in [1.82, 2.24) is 9.88 Å². The Morgan fingerprint density at radius 3 is 2.29 bits per heavy atom. The summed E-state index contributed by atoms with van der Waals surface area (Å²) in [5, 5.41) is 5.37. The third-order valence-electron chi connectivity index (χ3n) is 6.44. The summed E-state index contributed by atoms with van der Waals surface area (Å²) >= 11 is 6.17. The van der Waals surface area contributed by atoms with Crippen LogP contribution in [0.25, 0.3) is 22.0 Å². The molecular weight excluding hydrogens is 438 g/mol. The lowest BCUT2D eigenvalue weighted by Crippen LogP contribution is -2.22. The molecule has 176 valence electrons. The zero-order chi connectivity index (χ0) is 24.3. The van der Waals surface area contributed by atoms with Gasteiger partial charge in [-0.15, -0.1) is 0 Å². The molecule has 4 heteroatoms. The summed E-state index contributed by atoms with van der Waals surface area (Å²) in [6.45, 7) is 14.2. The number of anilines is 2. The molecule has 0 saturated carbocycles. The molecule has 0 amide bonds. The number of fused-ring (bicyclic) bond motifs is 1. The lowest BCUT2D eigenvalue weighted by molar-refractivity contribution is 0.296. The minimum atomic E-state index is 0.147. The molecule has 4 aromatic rings. The van der Waals surface area contributed by atoms with E-state index in [0.717, 1.165) is 41.9 Å². The number of nitrogens with zero attached hydrogens (tertiary/aromatic N) is 2. The predicted molar refractivity (Wildman–Crippen MR) is 147 cm³/mol. The van der Waals surface area contributed by atoms with Gasteiger partial charge in [-0.25, -0.2) is 0 Å². The van der Waals surface area contributed by atoms with E-state index in [-0.39, 0.29) is 5.41 Å². The van der Waals surface area contributed by atoms with Gasteiger partial charge in [0.25, 0.3) is 0 Å². The smallest absolute Gasteiger partial charge is 0.0737 e. The van der Waals surface area contributed by atoms with E-state index in [0.29, 0.717) is 5.02 Å². The molecule has 0 aliphatic rings. The average Bonchev–Trinajstić information content (AvgIpc) is 2.82. The minimum absolute atomic E-state index is 0.147. The molecule has 3 nitrogen and oxygen atoms in total. The van der Waals surface area contributed by atoms with E-state index in [4.69, 9.17) is 11.6 Å². The molecule has 0 unspecified atom stereocenters. The molecule has 0 saturated heterocycles. The largest absolute Gasteiger partial charge is 0.355 e. The third kappa shape index (κ3) is 5.43. The lowest BCUT2D eigenvalue weighted by Gasteiger charge is -2.22. The Morgan fingerprint density at radius 1 is 0.882 bits per heavy atom. The van der Waals surface area contributed by atoms with Gasteiger partial charge < -0.3 is 5.32 Å². The van der Waals surface area contributed by atoms with E-state index >= 15 is 0 Å². The van der Waals surface area contributed by atoms with Crippen LogP contribution in [0.5, 0.6) is 0 Å². The molecular formula is C30H34ClN3. The number of rotatable bonds is 7. The molecule has 0 bridgehead atoms. The standard InChI is InChI=1S/C30H34ClN3/c1-6-34(7-2)20-22-18-25(33-28-16-17-32-29-19-24(31)12-14-27(28)29)13-15-26(22)21-8-10-23(11-9-21)30(3,4)5/h8-19H,6-7,20H2,1-5H3,(H,32,33). The van der Waals surface area contributed by atoms with Crippen molar-refractivity contribution >= 4 is 33.9 Å². The van der Waals surface area contributed by atoms with Crippen LogP contribution in [0.2, 0.25) is 5.02 Å². The van der Waals surface area contributed by atoms with Gasteiger partial charge in [-0.2, -0.15) is 0 Å². The fourth-order valence-corrected chi connectivity index (χ4v) is 4.47. The molecule has 1 heterocycles. The van der Waals surface area contributed by atoms with Gasteiger partial charge in [0, 0.05) is 34.5 Å². The Balaban J connectivity index is 1.72. The highest BCUT2D eigenvalue weighted by molar-refractivity contribution is 6.31. The van der Waals surface area contributed by atoms with Crippen molar-refractivity contribution in [1.29, 1.82) is 0 Å². The Hall–Kier alpha value is -2.88. The van der Waals surface area contributed by atoms with E-state index in [1.807, 2.05) is 30.5 Å². The van der Waals surface area contributed by atoms with Crippen molar-refractivity contribution in [3.05, 3.63) is 89.1 Å². The van der Waals surface area contributed by atoms with E-state index in [2.05, 4.69) is 92.3 Å². The molecule has 0 fully saturated rings. The second kappa shape index (κ2) is 10.2. The molecule has 0 aliphatic carbocycles. The van der Waals surface area contributed by atoms with Crippen LogP contribution in [0.15, 0.2) is 72.9 Å². The molecule has 1 N–H and O–H groups in total. The third-order valence-corrected chi connectivity index (χ3v) is 6.67. The van der Waals surface area contributed by atoms with Crippen LogP contribution >= 0.6 is 11.6 Å². The van der Waals surface area contributed by atoms with Gasteiger partial charge in [-0.3, -0.25) is 9.88 Å². The van der Waals surface area contributed by atoms with Crippen molar-refractivity contribution < 1.29 is 0 Å². The molecule has 0 atom stereocenters. The van der Waals surface area contributed by atoms with Crippen LogP contribution < -0.4 is 5.32 Å². The highest BCUT2D eigenvalue weighted by atomic mass is 35.5. The molecule has 0 aliphatic heterocycles. The Morgan fingerprint density at radius 2 is 1.62 bits per heavy atom. The Kier molecular flexibility index (Phi) is 7.25. The second-order valence-electron chi connectivity index (χ2n) is 9.81. The van der Waals surface area contributed by atoms with Crippen LogP contribution in [0, 0.1) is 0 Å². The van der Waals surface area contributed by atoms with E-state index in [1.165, 1.54) is 22.3 Å². The number of benzene rings is 3. The Labute approximate surface area is 208 Å². The summed E-state index contributed by atoms with van der Waals surface area (Å²) in [4.78, 5) is 6.92.